The van der Waals surface area contributed by atoms with E-state index in [0.717, 1.165) is 22.5 Å². The Kier molecular flexibility index (Phi) is 5.69. The minimum absolute atomic E-state index is 0.144. The molecule has 0 saturated carbocycles. The average molecular weight is 374 g/mol. The molecule has 0 unspecified atom stereocenters. The molecule has 0 saturated heterocycles. The van der Waals surface area contributed by atoms with Crippen LogP contribution in [0.1, 0.15) is 28.5 Å². The first-order chi connectivity index (χ1) is 13.4. The van der Waals surface area contributed by atoms with Crippen molar-refractivity contribution in [2.45, 2.75) is 20.8 Å². The number of hydrogen-bond acceptors (Lipinski definition) is 4. The Balaban J connectivity index is 1.71. The molecule has 28 heavy (non-hydrogen) atoms. The van der Waals surface area contributed by atoms with Crippen molar-refractivity contribution in [3.63, 3.8) is 0 Å². The van der Waals surface area contributed by atoms with Gasteiger partial charge in [-0.15, -0.1) is 0 Å². The van der Waals surface area contributed by atoms with Gasteiger partial charge in [0, 0.05) is 35.9 Å². The van der Waals surface area contributed by atoms with Gasteiger partial charge in [-0.2, -0.15) is 0 Å². The van der Waals surface area contributed by atoms with Gasteiger partial charge in [-0.05, 0) is 67.4 Å². The van der Waals surface area contributed by atoms with E-state index in [1.165, 1.54) is 6.92 Å². The Labute approximate surface area is 164 Å². The Bertz CT molecular complexity index is 1010. The van der Waals surface area contributed by atoms with Crippen LogP contribution in [0.3, 0.4) is 0 Å². The van der Waals surface area contributed by atoms with Crippen molar-refractivity contribution in [2.75, 3.05) is 16.0 Å². The molecule has 1 heterocycles. The molecule has 3 aromatic rings. The number of carbonyl (C=O) groups excluding carboxylic acids is 2. The first-order valence-corrected chi connectivity index (χ1v) is 8.90. The Morgan fingerprint density at radius 1 is 0.821 bits per heavy atom. The standard InChI is InChI=1S/C22H22N4O2/c1-14-4-5-15(2)20(12-14)25-19-10-11-23-21(13-19)22(28)26-18-8-6-17(7-9-18)24-16(3)27/h4-13H,1-3H3,(H,23,25)(H,24,27)(H,26,28). The second-order valence-corrected chi connectivity index (χ2v) is 6.59. The molecule has 6 nitrogen and oxygen atoms in total. The number of anilines is 4. The summed E-state index contributed by atoms with van der Waals surface area (Å²) in [5.41, 5.74) is 5.65. The van der Waals surface area contributed by atoms with Crippen LogP contribution in [-0.2, 0) is 4.79 Å². The van der Waals surface area contributed by atoms with E-state index in [1.807, 2.05) is 19.9 Å². The number of aromatic nitrogens is 1. The predicted molar refractivity (Wildman–Crippen MR) is 112 cm³/mol. The van der Waals surface area contributed by atoms with Gasteiger partial charge in [0.25, 0.3) is 5.91 Å². The van der Waals surface area contributed by atoms with E-state index in [2.05, 4.69) is 39.1 Å². The van der Waals surface area contributed by atoms with Crippen LogP contribution in [0.2, 0.25) is 0 Å². The van der Waals surface area contributed by atoms with Crippen LogP contribution in [-0.4, -0.2) is 16.8 Å². The number of aryl methyl sites for hydroxylation is 2. The van der Waals surface area contributed by atoms with Crippen molar-refractivity contribution >= 4 is 34.6 Å². The molecule has 0 spiro atoms. The zero-order valence-electron chi connectivity index (χ0n) is 16.0. The number of amides is 2. The van der Waals surface area contributed by atoms with Crippen molar-refractivity contribution in [2.24, 2.45) is 0 Å². The smallest absolute Gasteiger partial charge is 0.274 e. The molecule has 0 atom stereocenters. The molecule has 0 aliphatic carbocycles. The summed E-state index contributed by atoms with van der Waals surface area (Å²) < 4.78 is 0. The van der Waals surface area contributed by atoms with E-state index >= 15 is 0 Å². The molecule has 0 fully saturated rings. The maximum absolute atomic E-state index is 12.5. The molecule has 0 aliphatic heterocycles. The lowest BCUT2D eigenvalue weighted by atomic mass is 10.1. The Morgan fingerprint density at radius 3 is 2.18 bits per heavy atom. The van der Waals surface area contributed by atoms with Crippen molar-refractivity contribution < 1.29 is 9.59 Å². The second-order valence-electron chi connectivity index (χ2n) is 6.59. The van der Waals surface area contributed by atoms with Crippen LogP contribution in [0.25, 0.3) is 0 Å². The number of benzene rings is 2. The van der Waals surface area contributed by atoms with Gasteiger partial charge >= 0.3 is 0 Å². The Hall–Kier alpha value is -3.67. The summed E-state index contributed by atoms with van der Waals surface area (Å²) in [6.45, 7) is 5.51. The van der Waals surface area contributed by atoms with E-state index in [4.69, 9.17) is 0 Å². The van der Waals surface area contributed by atoms with Crippen LogP contribution >= 0.6 is 0 Å². The summed E-state index contributed by atoms with van der Waals surface area (Å²) in [4.78, 5) is 27.8. The zero-order chi connectivity index (χ0) is 20.1. The van der Waals surface area contributed by atoms with E-state index in [-0.39, 0.29) is 11.8 Å². The van der Waals surface area contributed by atoms with Crippen LogP contribution in [0.15, 0.2) is 60.8 Å². The fourth-order valence-electron chi connectivity index (χ4n) is 2.69. The SMILES string of the molecule is CC(=O)Nc1ccc(NC(=O)c2cc(Nc3cc(C)ccc3C)ccn2)cc1. The lowest BCUT2D eigenvalue weighted by molar-refractivity contribution is -0.114. The second kappa shape index (κ2) is 8.35. The number of pyridine rings is 1. The number of carbonyl (C=O) groups is 2. The predicted octanol–water partition coefficient (Wildman–Crippen LogP) is 4.65. The minimum Gasteiger partial charge on any atom is -0.355 e. The molecule has 0 radical (unpaired) electrons. The van der Waals surface area contributed by atoms with E-state index in [0.29, 0.717) is 17.1 Å². The summed E-state index contributed by atoms with van der Waals surface area (Å²) >= 11 is 0. The molecular weight excluding hydrogens is 352 g/mol. The average Bonchev–Trinajstić information content (AvgIpc) is 2.66. The number of nitrogens with one attached hydrogen (secondary N) is 3. The molecule has 3 rings (SSSR count). The number of hydrogen-bond donors (Lipinski definition) is 3. The van der Waals surface area contributed by atoms with Crippen molar-refractivity contribution in [1.29, 1.82) is 0 Å². The first kappa shape index (κ1) is 19.1. The summed E-state index contributed by atoms with van der Waals surface area (Å²) in [7, 11) is 0. The summed E-state index contributed by atoms with van der Waals surface area (Å²) in [6.07, 6.45) is 1.60. The summed E-state index contributed by atoms with van der Waals surface area (Å²) in [6, 6.07) is 16.6. The summed E-state index contributed by atoms with van der Waals surface area (Å²) in [5, 5.41) is 8.83. The molecule has 2 amide bonds. The first-order valence-electron chi connectivity index (χ1n) is 8.90. The molecule has 6 heteroatoms. The maximum atomic E-state index is 12.5. The van der Waals surface area contributed by atoms with Gasteiger partial charge in [0.05, 0.1) is 0 Å². The molecular formula is C22H22N4O2. The van der Waals surface area contributed by atoms with E-state index in [1.54, 1.807) is 36.5 Å². The molecule has 2 aromatic carbocycles. The third-order valence-corrected chi connectivity index (χ3v) is 4.13. The highest BCUT2D eigenvalue weighted by atomic mass is 16.2. The van der Waals surface area contributed by atoms with Crippen molar-refractivity contribution in [1.82, 2.24) is 4.98 Å². The highest BCUT2D eigenvalue weighted by Crippen LogP contribution is 2.22. The van der Waals surface area contributed by atoms with Crippen LogP contribution < -0.4 is 16.0 Å². The zero-order valence-corrected chi connectivity index (χ0v) is 16.0. The third-order valence-electron chi connectivity index (χ3n) is 4.13. The number of nitrogens with zero attached hydrogens (tertiary/aromatic N) is 1. The van der Waals surface area contributed by atoms with Crippen LogP contribution in [0.5, 0.6) is 0 Å². The number of rotatable bonds is 5. The molecule has 0 bridgehead atoms. The summed E-state index contributed by atoms with van der Waals surface area (Å²) in [5.74, 6) is -0.453. The molecule has 0 aliphatic rings. The maximum Gasteiger partial charge on any atom is 0.274 e. The van der Waals surface area contributed by atoms with Crippen molar-refractivity contribution in [3.8, 4) is 0 Å². The largest absolute Gasteiger partial charge is 0.355 e. The fourth-order valence-corrected chi connectivity index (χ4v) is 2.69. The molecule has 3 N–H and O–H groups in total. The van der Waals surface area contributed by atoms with Gasteiger partial charge in [0.15, 0.2) is 0 Å². The van der Waals surface area contributed by atoms with E-state index < -0.39 is 0 Å². The van der Waals surface area contributed by atoms with Gasteiger partial charge in [-0.3, -0.25) is 14.6 Å². The van der Waals surface area contributed by atoms with Gasteiger partial charge in [0.1, 0.15) is 5.69 Å². The van der Waals surface area contributed by atoms with Gasteiger partial charge in [-0.1, -0.05) is 12.1 Å². The quantitative estimate of drug-likeness (QED) is 0.607. The van der Waals surface area contributed by atoms with Gasteiger partial charge in [0.2, 0.25) is 5.91 Å². The normalized spacial score (nSPS) is 10.2. The van der Waals surface area contributed by atoms with Gasteiger partial charge < -0.3 is 16.0 Å². The Morgan fingerprint density at radius 2 is 1.50 bits per heavy atom. The topological polar surface area (TPSA) is 83.1 Å². The van der Waals surface area contributed by atoms with Crippen LogP contribution in [0, 0.1) is 13.8 Å². The molecule has 1 aromatic heterocycles. The lowest BCUT2D eigenvalue weighted by Gasteiger charge is -2.12. The monoisotopic (exact) mass is 374 g/mol. The van der Waals surface area contributed by atoms with Crippen molar-refractivity contribution in [3.05, 3.63) is 77.6 Å². The third kappa shape index (κ3) is 4.94. The highest BCUT2D eigenvalue weighted by molar-refractivity contribution is 6.03. The lowest BCUT2D eigenvalue weighted by Crippen LogP contribution is -2.14. The molecule has 142 valence electrons. The highest BCUT2D eigenvalue weighted by Gasteiger charge is 2.09. The van der Waals surface area contributed by atoms with E-state index in [9.17, 15) is 9.59 Å². The van der Waals surface area contributed by atoms with Gasteiger partial charge in [-0.25, -0.2) is 0 Å². The van der Waals surface area contributed by atoms with Crippen LogP contribution in [0.4, 0.5) is 22.7 Å². The fraction of sp³-hybridized carbons (Fsp3) is 0.136. The minimum atomic E-state index is -0.308.